The van der Waals surface area contributed by atoms with Crippen LogP contribution in [0.2, 0.25) is 0 Å². The van der Waals surface area contributed by atoms with E-state index in [4.69, 9.17) is 5.73 Å². The van der Waals surface area contributed by atoms with Crippen molar-refractivity contribution in [2.75, 3.05) is 13.1 Å². The van der Waals surface area contributed by atoms with E-state index in [9.17, 15) is 14.3 Å². The van der Waals surface area contributed by atoms with E-state index in [1.807, 2.05) is 0 Å². The SMILES string of the molecule is CC1CCCN(C(=O)c2cc(F)ccc2O)C1CN. The van der Waals surface area contributed by atoms with Gasteiger partial charge in [0.05, 0.1) is 5.56 Å². The minimum absolute atomic E-state index is 0.00699. The zero-order chi connectivity index (χ0) is 14.0. The topological polar surface area (TPSA) is 66.6 Å². The molecule has 3 N–H and O–H groups in total. The number of carbonyl (C=O) groups excluding carboxylic acids is 1. The number of rotatable bonds is 2. The second-order valence-electron chi connectivity index (χ2n) is 5.08. The zero-order valence-corrected chi connectivity index (χ0v) is 11.0. The Morgan fingerprint density at radius 2 is 2.32 bits per heavy atom. The first-order chi connectivity index (χ1) is 9.04. The van der Waals surface area contributed by atoms with Crippen LogP contribution in [0.25, 0.3) is 0 Å². The number of nitrogens with zero attached hydrogens (tertiary/aromatic N) is 1. The summed E-state index contributed by atoms with van der Waals surface area (Å²) in [7, 11) is 0. The number of hydrogen-bond acceptors (Lipinski definition) is 3. The maximum Gasteiger partial charge on any atom is 0.258 e. The molecule has 5 heteroatoms. The van der Waals surface area contributed by atoms with Crippen molar-refractivity contribution >= 4 is 5.91 Å². The first-order valence-corrected chi connectivity index (χ1v) is 6.54. The van der Waals surface area contributed by atoms with Crippen molar-refractivity contribution in [3.8, 4) is 5.75 Å². The maximum atomic E-state index is 13.2. The summed E-state index contributed by atoms with van der Waals surface area (Å²) in [5, 5.41) is 9.72. The summed E-state index contributed by atoms with van der Waals surface area (Å²) in [6.07, 6.45) is 1.93. The fraction of sp³-hybridized carbons (Fsp3) is 0.500. The molecule has 2 unspecified atom stereocenters. The Bertz CT molecular complexity index is 479. The molecule has 19 heavy (non-hydrogen) atoms. The number of piperidine rings is 1. The molecule has 0 aliphatic carbocycles. The fourth-order valence-electron chi connectivity index (χ4n) is 2.69. The molecule has 1 aliphatic heterocycles. The molecule has 0 radical (unpaired) electrons. The van der Waals surface area contributed by atoms with Gasteiger partial charge in [-0.1, -0.05) is 6.92 Å². The molecule has 2 rings (SSSR count). The Labute approximate surface area is 112 Å². The average Bonchev–Trinajstić information content (AvgIpc) is 2.40. The molecule has 0 bridgehead atoms. The third-order valence-electron chi connectivity index (χ3n) is 3.81. The molecule has 1 amide bonds. The lowest BCUT2D eigenvalue weighted by Crippen LogP contribution is -2.51. The van der Waals surface area contributed by atoms with Crippen molar-refractivity contribution in [2.45, 2.75) is 25.8 Å². The quantitative estimate of drug-likeness (QED) is 0.856. The van der Waals surface area contributed by atoms with Crippen LogP contribution >= 0.6 is 0 Å². The molecule has 104 valence electrons. The second kappa shape index (κ2) is 5.57. The van der Waals surface area contributed by atoms with Gasteiger partial charge in [-0.3, -0.25) is 4.79 Å². The minimum Gasteiger partial charge on any atom is -0.507 e. The van der Waals surface area contributed by atoms with E-state index in [2.05, 4.69) is 6.92 Å². The highest BCUT2D eigenvalue weighted by atomic mass is 19.1. The van der Waals surface area contributed by atoms with Gasteiger partial charge < -0.3 is 15.7 Å². The van der Waals surface area contributed by atoms with Crippen LogP contribution in [0.15, 0.2) is 18.2 Å². The van der Waals surface area contributed by atoms with Crippen LogP contribution in [0.1, 0.15) is 30.1 Å². The normalized spacial score (nSPS) is 23.4. The smallest absolute Gasteiger partial charge is 0.258 e. The van der Waals surface area contributed by atoms with Crippen LogP contribution in [0.3, 0.4) is 0 Å². The molecular weight excluding hydrogens is 247 g/mol. The Hall–Kier alpha value is -1.62. The molecular formula is C14H19FN2O2. The van der Waals surface area contributed by atoms with Crippen LogP contribution in [-0.4, -0.2) is 35.0 Å². The van der Waals surface area contributed by atoms with Crippen molar-refractivity contribution in [3.05, 3.63) is 29.6 Å². The number of amides is 1. The molecule has 0 saturated carbocycles. The summed E-state index contributed by atoms with van der Waals surface area (Å²) in [6, 6.07) is 3.35. The van der Waals surface area contributed by atoms with Crippen molar-refractivity contribution in [1.29, 1.82) is 0 Å². The van der Waals surface area contributed by atoms with Gasteiger partial charge in [0.2, 0.25) is 0 Å². The van der Waals surface area contributed by atoms with Crippen molar-refractivity contribution in [2.24, 2.45) is 11.7 Å². The summed E-state index contributed by atoms with van der Waals surface area (Å²) in [4.78, 5) is 14.1. The summed E-state index contributed by atoms with van der Waals surface area (Å²) in [5.41, 5.74) is 5.74. The van der Waals surface area contributed by atoms with Gasteiger partial charge in [-0.15, -0.1) is 0 Å². The van der Waals surface area contributed by atoms with Gasteiger partial charge in [-0.25, -0.2) is 4.39 Å². The van der Waals surface area contributed by atoms with Crippen LogP contribution < -0.4 is 5.73 Å². The zero-order valence-electron chi connectivity index (χ0n) is 11.0. The first-order valence-electron chi connectivity index (χ1n) is 6.54. The molecule has 4 nitrogen and oxygen atoms in total. The number of halogens is 1. The van der Waals surface area contributed by atoms with Crippen LogP contribution in [-0.2, 0) is 0 Å². The molecule has 1 aliphatic rings. The van der Waals surface area contributed by atoms with E-state index >= 15 is 0 Å². The minimum atomic E-state index is -0.532. The van der Waals surface area contributed by atoms with Crippen molar-refractivity contribution < 1.29 is 14.3 Å². The predicted octanol–water partition coefficient (Wildman–Crippen LogP) is 1.73. The standard InChI is InChI=1S/C14H19FN2O2/c1-9-3-2-6-17(12(9)8-16)14(19)11-7-10(15)4-5-13(11)18/h4-5,7,9,12,18H,2-3,6,8,16H2,1H3. The number of carbonyl (C=O) groups is 1. The number of aromatic hydroxyl groups is 1. The van der Waals surface area contributed by atoms with Gasteiger partial charge in [0, 0.05) is 19.1 Å². The molecule has 2 atom stereocenters. The third kappa shape index (κ3) is 2.71. The molecule has 1 aromatic carbocycles. The number of hydrogen-bond donors (Lipinski definition) is 2. The molecule has 0 spiro atoms. The van der Waals surface area contributed by atoms with E-state index in [-0.39, 0.29) is 23.3 Å². The lowest BCUT2D eigenvalue weighted by atomic mass is 9.90. The lowest BCUT2D eigenvalue weighted by Gasteiger charge is -2.39. The van der Waals surface area contributed by atoms with Gasteiger partial charge >= 0.3 is 0 Å². The second-order valence-corrected chi connectivity index (χ2v) is 5.08. The summed E-state index contributed by atoms with van der Waals surface area (Å²) < 4.78 is 13.2. The Kier molecular flexibility index (Phi) is 4.04. The fourth-order valence-corrected chi connectivity index (χ4v) is 2.69. The highest BCUT2D eigenvalue weighted by molar-refractivity contribution is 5.97. The van der Waals surface area contributed by atoms with Gasteiger partial charge in [0.15, 0.2) is 0 Å². The molecule has 1 heterocycles. The molecule has 1 aromatic rings. The van der Waals surface area contributed by atoms with Gasteiger partial charge in [0.1, 0.15) is 11.6 Å². The number of nitrogens with two attached hydrogens (primary N) is 1. The third-order valence-corrected chi connectivity index (χ3v) is 3.81. The monoisotopic (exact) mass is 266 g/mol. The summed E-state index contributed by atoms with van der Waals surface area (Å²) >= 11 is 0. The van der Waals surface area contributed by atoms with E-state index in [0.717, 1.165) is 25.0 Å². The summed E-state index contributed by atoms with van der Waals surface area (Å²) in [5.74, 6) is -0.756. The van der Waals surface area contributed by atoms with E-state index in [1.165, 1.54) is 6.07 Å². The Balaban J connectivity index is 2.29. The first kappa shape index (κ1) is 13.8. The summed E-state index contributed by atoms with van der Waals surface area (Å²) in [6.45, 7) is 3.03. The maximum absolute atomic E-state index is 13.2. The van der Waals surface area contributed by atoms with Gasteiger partial charge in [0.25, 0.3) is 5.91 Å². The number of phenols is 1. The van der Waals surface area contributed by atoms with Gasteiger partial charge in [-0.2, -0.15) is 0 Å². The number of likely N-dealkylation sites (tertiary alicyclic amines) is 1. The van der Waals surface area contributed by atoms with Crippen LogP contribution in [0.5, 0.6) is 5.75 Å². The van der Waals surface area contributed by atoms with E-state index in [0.29, 0.717) is 19.0 Å². The van der Waals surface area contributed by atoms with Gasteiger partial charge in [-0.05, 0) is 37.0 Å². The van der Waals surface area contributed by atoms with E-state index in [1.54, 1.807) is 4.90 Å². The van der Waals surface area contributed by atoms with Crippen molar-refractivity contribution in [3.63, 3.8) is 0 Å². The number of benzene rings is 1. The molecule has 1 saturated heterocycles. The Morgan fingerprint density at radius 3 is 3.00 bits per heavy atom. The molecule has 1 fully saturated rings. The van der Waals surface area contributed by atoms with Crippen LogP contribution in [0, 0.1) is 11.7 Å². The molecule has 0 aromatic heterocycles. The number of phenolic OH excluding ortho intramolecular Hbond substituents is 1. The lowest BCUT2D eigenvalue weighted by molar-refractivity contribution is 0.0529. The highest BCUT2D eigenvalue weighted by Crippen LogP contribution is 2.27. The predicted molar refractivity (Wildman–Crippen MR) is 70.3 cm³/mol. The van der Waals surface area contributed by atoms with Crippen LogP contribution in [0.4, 0.5) is 4.39 Å². The highest BCUT2D eigenvalue weighted by Gasteiger charge is 2.32. The average molecular weight is 266 g/mol. The van der Waals surface area contributed by atoms with E-state index < -0.39 is 5.82 Å². The largest absolute Gasteiger partial charge is 0.507 e. The van der Waals surface area contributed by atoms with Crippen molar-refractivity contribution in [1.82, 2.24) is 4.90 Å². The Morgan fingerprint density at radius 1 is 1.58 bits per heavy atom.